The lowest BCUT2D eigenvalue weighted by atomic mass is 10.1. The molecule has 35 heavy (non-hydrogen) atoms. The quantitative estimate of drug-likeness (QED) is 0.377. The van der Waals surface area contributed by atoms with Crippen molar-refractivity contribution < 1.29 is 22.4 Å². The molecular formula is C22H21F3N8O2. The van der Waals surface area contributed by atoms with Crippen LogP contribution in [0.25, 0.3) is 22.6 Å². The van der Waals surface area contributed by atoms with E-state index in [1.54, 1.807) is 12.3 Å². The molecule has 10 nitrogen and oxygen atoms in total. The molecule has 0 atom stereocenters. The molecule has 4 rings (SSSR count). The second-order valence-electron chi connectivity index (χ2n) is 7.61. The van der Waals surface area contributed by atoms with Crippen molar-refractivity contribution in [1.29, 1.82) is 0 Å². The molecule has 0 fully saturated rings. The van der Waals surface area contributed by atoms with Gasteiger partial charge >= 0.3 is 12.1 Å². The zero-order valence-corrected chi connectivity index (χ0v) is 18.8. The predicted molar refractivity (Wildman–Crippen MR) is 119 cm³/mol. The summed E-state index contributed by atoms with van der Waals surface area (Å²) in [7, 11) is 3.96. The van der Waals surface area contributed by atoms with Crippen LogP contribution in [0.4, 0.5) is 19.1 Å². The van der Waals surface area contributed by atoms with Crippen LogP contribution in [0.5, 0.6) is 5.75 Å². The third kappa shape index (κ3) is 6.47. The first-order valence-corrected chi connectivity index (χ1v) is 10.4. The van der Waals surface area contributed by atoms with Gasteiger partial charge < -0.3 is 19.5 Å². The smallest absolute Gasteiger partial charge is 0.471 e. The Morgan fingerprint density at radius 1 is 1.03 bits per heavy atom. The van der Waals surface area contributed by atoms with Crippen LogP contribution in [0, 0.1) is 0 Å². The molecule has 4 aromatic rings. The predicted octanol–water partition coefficient (Wildman–Crippen LogP) is 3.55. The Labute approximate surface area is 198 Å². The van der Waals surface area contributed by atoms with Crippen LogP contribution < -0.4 is 10.1 Å². The average molecular weight is 486 g/mol. The molecule has 182 valence electrons. The SMILES string of the molecule is CN(C)CCOc1cccc(-c2ccnc(NCc3ncc(-c4noc(C(F)(F)F)n4)cn3)n2)c1. The molecule has 0 aliphatic carbocycles. The number of hydrogen-bond acceptors (Lipinski definition) is 10. The fourth-order valence-electron chi connectivity index (χ4n) is 2.87. The standard InChI is InChI=1S/C22H21F3N8O2/c1-33(2)8-9-34-16-5-3-4-14(10-16)17-6-7-26-21(30-17)29-13-18-27-11-15(12-28-18)19-31-20(35-32-19)22(23,24)25/h3-7,10-12H,8-9,13H2,1-2H3,(H,26,29,30). The topological polar surface area (TPSA) is 115 Å². The Hall–Kier alpha value is -4.13. The third-order valence-electron chi connectivity index (χ3n) is 4.63. The summed E-state index contributed by atoms with van der Waals surface area (Å²) < 4.78 is 47.9. The maximum atomic E-state index is 12.6. The number of ether oxygens (including phenoxy) is 1. The maximum Gasteiger partial charge on any atom is 0.471 e. The summed E-state index contributed by atoms with van der Waals surface area (Å²) in [5, 5.41) is 6.35. The van der Waals surface area contributed by atoms with Gasteiger partial charge in [-0.2, -0.15) is 18.2 Å². The molecule has 0 aliphatic rings. The Morgan fingerprint density at radius 3 is 2.54 bits per heavy atom. The largest absolute Gasteiger partial charge is 0.492 e. The monoisotopic (exact) mass is 486 g/mol. The lowest BCUT2D eigenvalue weighted by Gasteiger charge is -2.12. The molecule has 3 heterocycles. The normalized spacial score (nSPS) is 11.6. The number of nitrogens with one attached hydrogen (secondary N) is 1. The van der Waals surface area contributed by atoms with Crippen molar-refractivity contribution in [2.75, 3.05) is 32.6 Å². The van der Waals surface area contributed by atoms with Gasteiger partial charge in [0.25, 0.3) is 0 Å². The van der Waals surface area contributed by atoms with Crippen molar-refractivity contribution >= 4 is 5.95 Å². The minimum absolute atomic E-state index is 0.192. The van der Waals surface area contributed by atoms with Crippen LogP contribution in [0.3, 0.4) is 0 Å². The maximum absolute atomic E-state index is 12.6. The van der Waals surface area contributed by atoms with Crippen LogP contribution >= 0.6 is 0 Å². The van der Waals surface area contributed by atoms with Gasteiger partial charge in [0.1, 0.15) is 18.2 Å². The summed E-state index contributed by atoms with van der Waals surface area (Å²) >= 11 is 0. The zero-order chi connectivity index (χ0) is 24.8. The first-order valence-electron chi connectivity index (χ1n) is 10.4. The molecular weight excluding hydrogens is 465 g/mol. The summed E-state index contributed by atoms with van der Waals surface area (Å²) in [5.74, 6) is -0.197. The van der Waals surface area contributed by atoms with E-state index >= 15 is 0 Å². The van der Waals surface area contributed by atoms with Crippen LogP contribution in [0.15, 0.2) is 53.4 Å². The van der Waals surface area contributed by atoms with Gasteiger partial charge in [0.15, 0.2) is 0 Å². The Morgan fingerprint density at radius 2 is 1.83 bits per heavy atom. The van der Waals surface area contributed by atoms with Gasteiger partial charge in [-0.05, 0) is 32.3 Å². The number of anilines is 1. The summed E-state index contributed by atoms with van der Waals surface area (Å²) in [6, 6.07) is 9.40. The minimum atomic E-state index is -4.72. The van der Waals surface area contributed by atoms with E-state index in [0.29, 0.717) is 24.1 Å². The van der Waals surface area contributed by atoms with E-state index in [1.807, 2.05) is 43.3 Å². The molecule has 1 aromatic carbocycles. The van der Waals surface area contributed by atoms with Crippen LogP contribution in [0.1, 0.15) is 11.7 Å². The van der Waals surface area contributed by atoms with Crippen molar-refractivity contribution in [2.45, 2.75) is 12.7 Å². The van der Waals surface area contributed by atoms with Gasteiger partial charge in [-0.1, -0.05) is 17.3 Å². The van der Waals surface area contributed by atoms with E-state index < -0.39 is 12.1 Å². The number of nitrogens with zero attached hydrogens (tertiary/aromatic N) is 7. The highest BCUT2D eigenvalue weighted by molar-refractivity contribution is 5.62. The second kappa shape index (κ2) is 10.4. The molecule has 13 heteroatoms. The highest BCUT2D eigenvalue weighted by Gasteiger charge is 2.38. The minimum Gasteiger partial charge on any atom is -0.492 e. The number of alkyl halides is 3. The number of hydrogen-bond donors (Lipinski definition) is 1. The lowest BCUT2D eigenvalue weighted by molar-refractivity contribution is -0.159. The van der Waals surface area contributed by atoms with Crippen LogP contribution in [-0.2, 0) is 12.7 Å². The molecule has 1 N–H and O–H groups in total. The first-order chi connectivity index (χ1) is 16.8. The van der Waals surface area contributed by atoms with E-state index in [9.17, 15) is 13.2 Å². The van der Waals surface area contributed by atoms with Crippen molar-refractivity contribution in [3.8, 4) is 28.4 Å². The fourth-order valence-corrected chi connectivity index (χ4v) is 2.87. The molecule has 0 spiro atoms. The van der Waals surface area contributed by atoms with E-state index in [4.69, 9.17) is 4.74 Å². The van der Waals surface area contributed by atoms with Gasteiger partial charge in [0.05, 0.1) is 17.8 Å². The Bertz CT molecular complexity index is 1260. The number of rotatable bonds is 9. The highest BCUT2D eigenvalue weighted by atomic mass is 19.4. The van der Waals surface area contributed by atoms with Gasteiger partial charge in [0.2, 0.25) is 11.8 Å². The van der Waals surface area contributed by atoms with E-state index in [2.05, 4.69) is 39.9 Å². The molecule has 0 saturated carbocycles. The third-order valence-corrected chi connectivity index (χ3v) is 4.63. The van der Waals surface area contributed by atoms with Crippen molar-refractivity contribution in [2.24, 2.45) is 0 Å². The van der Waals surface area contributed by atoms with Crippen LogP contribution in [-0.4, -0.2) is 62.2 Å². The summed E-state index contributed by atoms with van der Waals surface area (Å²) in [6.45, 7) is 1.57. The summed E-state index contributed by atoms with van der Waals surface area (Å²) in [6.07, 6.45) is -0.463. The van der Waals surface area contributed by atoms with Gasteiger partial charge in [-0.15, -0.1) is 0 Å². The van der Waals surface area contributed by atoms with Gasteiger partial charge in [0, 0.05) is 30.7 Å². The van der Waals surface area contributed by atoms with E-state index in [0.717, 1.165) is 17.9 Å². The summed E-state index contributed by atoms with van der Waals surface area (Å²) in [5.41, 5.74) is 1.77. The Balaban J connectivity index is 1.38. The Kier molecular flexibility index (Phi) is 7.15. The van der Waals surface area contributed by atoms with E-state index in [-0.39, 0.29) is 17.9 Å². The van der Waals surface area contributed by atoms with Crippen LogP contribution in [0.2, 0.25) is 0 Å². The van der Waals surface area contributed by atoms with Crippen molar-refractivity contribution in [3.63, 3.8) is 0 Å². The lowest BCUT2D eigenvalue weighted by Crippen LogP contribution is -2.19. The average Bonchev–Trinajstić information content (AvgIpc) is 3.35. The van der Waals surface area contributed by atoms with E-state index in [1.165, 1.54) is 12.4 Å². The zero-order valence-electron chi connectivity index (χ0n) is 18.8. The molecule has 3 aromatic heterocycles. The molecule has 0 radical (unpaired) electrons. The number of aromatic nitrogens is 6. The summed E-state index contributed by atoms with van der Waals surface area (Å²) in [4.78, 5) is 22.3. The number of halogens is 3. The number of benzene rings is 1. The van der Waals surface area contributed by atoms with Crippen molar-refractivity contribution in [1.82, 2.24) is 35.0 Å². The fraction of sp³-hybridized carbons (Fsp3) is 0.273. The van der Waals surface area contributed by atoms with Crippen molar-refractivity contribution in [3.05, 3.63) is 60.6 Å². The highest BCUT2D eigenvalue weighted by Crippen LogP contribution is 2.29. The molecule has 0 amide bonds. The van der Waals surface area contributed by atoms with Gasteiger partial charge in [-0.25, -0.2) is 19.9 Å². The second-order valence-corrected chi connectivity index (χ2v) is 7.61. The molecule has 0 aliphatic heterocycles. The number of likely N-dealkylation sites (N-methyl/N-ethyl adjacent to an activating group) is 1. The first kappa shape index (κ1) is 24.0. The molecule has 0 unspecified atom stereocenters. The molecule has 0 bridgehead atoms. The van der Waals surface area contributed by atoms with Gasteiger partial charge in [-0.3, -0.25) is 0 Å². The molecule has 0 saturated heterocycles.